The molecule has 1 aliphatic heterocycles. The fourth-order valence-corrected chi connectivity index (χ4v) is 2.84. The minimum Gasteiger partial charge on any atom is -0.491 e. The molecule has 7 heteroatoms. The lowest BCUT2D eigenvalue weighted by atomic mass is 9.90. The lowest BCUT2D eigenvalue weighted by molar-refractivity contribution is -0.385. The Morgan fingerprint density at radius 3 is 2.70 bits per heavy atom. The second-order valence-corrected chi connectivity index (χ2v) is 6.69. The van der Waals surface area contributed by atoms with Gasteiger partial charge in [-0.1, -0.05) is 6.92 Å². The fraction of sp³-hybridized carbons (Fsp3) is 0.625. The standard InChI is InChI=1S/C16H25N3O3.ClH/c1-12(2)22-15-5-4-14(19(20)21)8-13(15)9-18-7-6-16(3,10-17)11-18;/h4-5,8,12H,6-7,9-11,17H2,1-3H3;1H. The molecule has 6 nitrogen and oxygen atoms in total. The van der Waals surface area contributed by atoms with Gasteiger partial charge in [0.15, 0.2) is 0 Å². The first-order valence-electron chi connectivity index (χ1n) is 7.69. The van der Waals surface area contributed by atoms with E-state index in [-0.39, 0.29) is 34.5 Å². The Kier molecular flexibility index (Phi) is 6.80. The predicted octanol–water partition coefficient (Wildman–Crippen LogP) is 2.97. The molecule has 23 heavy (non-hydrogen) atoms. The number of non-ortho nitro benzene ring substituents is 1. The van der Waals surface area contributed by atoms with Crippen molar-refractivity contribution in [2.45, 2.75) is 39.8 Å². The van der Waals surface area contributed by atoms with Crippen molar-refractivity contribution in [3.8, 4) is 5.75 Å². The quantitative estimate of drug-likeness (QED) is 0.634. The third-order valence-corrected chi connectivity index (χ3v) is 4.14. The molecule has 0 spiro atoms. The first kappa shape index (κ1) is 19.7. The Balaban J connectivity index is 0.00000264. The number of ether oxygens (including phenoxy) is 1. The van der Waals surface area contributed by atoms with Gasteiger partial charge in [-0.15, -0.1) is 12.4 Å². The molecular weight excluding hydrogens is 318 g/mol. The van der Waals surface area contributed by atoms with Gasteiger partial charge in [0.2, 0.25) is 0 Å². The number of nitrogens with zero attached hydrogens (tertiary/aromatic N) is 2. The molecule has 0 amide bonds. The zero-order chi connectivity index (χ0) is 16.3. The lowest BCUT2D eigenvalue weighted by Crippen LogP contribution is -2.31. The predicted molar refractivity (Wildman–Crippen MR) is 93.2 cm³/mol. The summed E-state index contributed by atoms with van der Waals surface area (Å²) in [7, 11) is 0. The normalized spacial score (nSPS) is 21.3. The maximum atomic E-state index is 11.0. The Labute approximate surface area is 143 Å². The molecule has 0 radical (unpaired) electrons. The summed E-state index contributed by atoms with van der Waals surface area (Å²) >= 11 is 0. The van der Waals surface area contributed by atoms with Crippen molar-refractivity contribution in [2.75, 3.05) is 19.6 Å². The van der Waals surface area contributed by atoms with Crippen LogP contribution < -0.4 is 10.5 Å². The minimum absolute atomic E-state index is 0. The first-order chi connectivity index (χ1) is 10.3. The summed E-state index contributed by atoms with van der Waals surface area (Å²) in [5, 5.41) is 11.0. The molecule has 1 heterocycles. The third kappa shape index (κ3) is 5.06. The van der Waals surface area contributed by atoms with E-state index in [0.29, 0.717) is 13.1 Å². The molecule has 1 fully saturated rings. The molecule has 1 aliphatic rings. The molecule has 1 atom stereocenters. The van der Waals surface area contributed by atoms with Crippen LogP contribution in [0.15, 0.2) is 18.2 Å². The average Bonchev–Trinajstić information content (AvgIpc) is 2.82. The topological polar surface area (TPSA) is 81.6 Å². The molecule has 0 aliphatic carbocycles. The van der Waals surface area contributed by atoms with E-state index in [9.17, 15) is 10.1 Å². The van der Waals surface area contributed by atoms with Crippen molar-refractivity contribution in [2.24, 2.45) is 11.1 Å². The van der Waals surface area contributed by atoms with Gasteiger partial charge in [-0.25, -0.2) is 0 Å². The van der Waals surface area contributed by atoms with Crippen LogP contribution >= 0.6 is 12.4 Å². The summed E-state index contributed by atoms with van der Waals surface area (Å²) in [6.45, 7) is 9.27. The molecule has 2 N–H and O–H groups in total. The maximum Gasteiger partial charge on any atom is 0.270 e. The molecule has 0 aromatic heterocycles. The number of rotatable bonds is 6. The number of hydrogen-bond donors (Lipinski definition) is 1. The molecule has 1 saturated heterocycles. The van der Waals surface area contributed by atoms with Crippen LogP contribution in [0.4, 0.5) is 5.69 Å². The Morgan fingerprint density at radius 1 is 1.48 bits per heavy atom. The van der Waals surface area contributed by atoms with Crippen LogP contribution in [-0.2, 0) is 6.54 Å². The van der Waals surface area contributed by atoms with Crippen LogP contribution in [0.5, 0.6) is 5.75 Å². The Hall–Kier alpha value is -1.37. The molecule has 2 rings (SSSR count). The van der Waals surface area contributed by atoms with Gasteiger partial charge in [-0.3, -0.25) is 15.0 Å². The Bertz CT molecular complexity index is 553. The maximum absolute atomic E-state index is 11.0. The number of nitrogens with two attached hydrogens (primary N) is 1. The minimum atomic E-state index is -0.364. The smallest absolute Gasteiger partial charge is 0.270 e. The van der Waals surface area contributed by atoms with Crippen molar-refractivity contribution >= 4 is 18.1 Å². The van der Waals surface area contributed by atoms with E-state index in [4.69, 9.17) is 10.5 Å². The molecular formula is C16H26ClN3O3. The van der Waals surface area contributed by atoms with Gasteiger partial charge in [-0.05, 0) is 44.8 Å². The van der Waals surface area contributed by atoms with Crippen molar-refractivity contribution < 1.29 is 9.66 Å². The number of halogens is 1. The number of likely N-dealkylation sites (tertiary alicyclic amines) is 1. The highest BCUT2D eigenvalue weighted by molar-refractivity contribution is 5.85. The molecule has 1 aromatic carbocycles. The van der Waals surface area contributed by atoms with Crippen LogP contribution in [0.1, 0.15) is 32.8 Å². The second kappa shape index (κ2) is 7.95. The van der Waals surface area contributed by atoms with Gasteiger partial charge in [0.25, 0.3) is 5.69 Å². The molecule has 0 saturated carbocycles. The number of nitro groups is 1. The zero-order valence-electron chi connectivity index (χ0n) is 13.9. The van der Waals surface area contributed by atoms with E-state index in [1.54, 1.807) is 12.1 Å². The van der Waals surface area contributed by atoms with Crippen molar-refractivity contribution in [3.63, 3.8) is 0 Å². The summed E-state index contributed by atoms with van der Waals surface area (Å²) in [4.78, 5) is 12.9. The number of benzene rings is 1. The van der Waals surface area contributed by atoms with Crippen LogP contribution in [0, 0.1) is 15.5 Å². The number of nitro benzene ring substituents is 1. The van der Waals surface area contributed by atoms with Crippen LogP contribution in [0.2, 0.25) is 0 Å². The molecule has 130 valence electrons. The lowest BCUT2D eigenvalue weighted by Gasteiger charge is -2.23. The van der Waals surface area contributed by atoms with Crippen LogP contribution in [0.25, 0.3) is 0 Å². The zero-order valence-corrected chi connectivity index (χ0v) is 14.8. The SMILES string of the molecule is CC(C)Oc1ccc([N+](=O)[O-])cc1CN1CCC(C)(CN)C1.Cl. The van der Waals surface area contributed by atoms with E-state index in [0.717, 1.165) is 30.8 Å². The molecule has 1 aromatic rings. The van der Waals surface area contributed by atoms with Gasteiger partial charge in [-0.2, -0.15) is 0 Å². The summed E-state index contributed by atoms with van der Waals surface area (Å²) in [5.74, 6) is 0.724. The van der Waals surface area contributed by atoms with E-state index >= 15 is 0 Å². The van der Waals surface area contributed by atoms with Gasteiger partial charge in [0.1, 0.15) is 5.75 Å². The monoisotopic (exact) mass is 343 g/mol. The summed E-state index contributed by atoms with van der Waals surface area (Å²) < 4.78 is 5.79. The average molecular weight is 344 g/mol. The summed E-state index contributed by atoms with van der Waals surface area (Å²) in [6.07, 6.45) is 1.09. The second-order valence-electron chi connectivity index (χ2n) is 6.69. The summed E-state index contributed by atoms with van der Waals surface area (Å²) in [5.41, 5.74) is 6.95. The highest BCUT2D eigenvalue weighted by atomic mass is 35.5. The highest BCUT2D eigenvalue weighted by Crippen LogP contribution is 2.32. The van der Waals surface area contributed by atoms with Gasteiger partial charge >= 0.3 is 0 Å². The van der Waals surface area contributed by atoms with Crippen molar-refractivity contribution in [3.05, 3.63) is 33.9 Å². The van der Waals surface area contributed by atoms with E-state index in [1.165, 1.54) is 6.07 Å². The summed E-state index contributed by atoms with van der Waals surface area (Å²) in [6, 6.07) is 4.82. The highest BCUT2D eigenvalue weighted by Gasteiger charge is 2.32. The van der Waals surface area contributed by atoms with E-state index in [2.05, 4.69) is 11.8 Å². The van der Waals surface area contributed by atoms with Gasteiger partial charge in [0, 0.05) is 30.8 Å². The van der Waals surface area contributed by atoms with E-state index in [1.807, 2.05) is 13.8 Å². The van der Waals surface area contributed by atoms with Crippen LogP contribution in [-0.4, -0.2) is 35.6 Å². The van der Waals surface area contributed by atoms with Crippen LogP contribution in [0.3, 0.4) is 0 Å². The molecule has 1 unspecified atom stereocenters. The molecule has 0 bridgehead atoms. The Morgan fingerprint density at radius 2 is 2.17 bits per heavy atom. The first-order valence-corrected chi connectivity index (χ1v) is 7.69. The third-order valence-electron chi connectivity index (χ3n) is 4.14. The number of hydrogen-bond acceptors (Lipinski definition) is 5. The van der Waals surface area contributed by atoms with Gasteiger partial charge in [0.05, 0.1) is 11.0 Å². The fourth-order valence-electron chi connectivity index (χ4n) is 2.84. The largest absolute Gasteiger partial charge is 0.491 e. The van der Waals surface area contributed by atoms with Gasteiger partial charge < -0.3 is 10.5 Å². The van der Waals surface area contributed by atoms with Crippen molar-refractivity contribution in [1.82, 2.24) is 4.90 Å². The van der Waals surface area contributed by atoms with Crippen molar-refractivity contribution in [1.29, 1.82) is 0 Å². The van der Waals surface area contributed by atoms with E-state index < -0.39 is 0 Å².